The van der Waals surface area contributed by atoms with Crippen LogP contribution in [0.15, 0.2) is 0 Å². The van der Waals surface area contributed by atoms with Crippen LogP contribution in [0.1, 0.15) is 27.2 Å². The van der Waals surface area contributed by atoms with Crippen LogP contribution in [0.4, 0.5) is 0 Å². The maximum atomic E-state index is 11.2. The number of esters is 1. The molecule has 1 N–H and O–H groups in total. The van der Waals surface area contributed by atoms with Crippen LogP contribution >= 0.6 is 12.2 Å². The van der Waals surface area contributed by atoms with Crippen molar-refractivity contribution in [2.45, 2.75) is 38.5 Å². The van der Waals surface area contributed by atoms with Crippen LogP contribution in [-0.2, 0) is 9.53 Å². The van der Waals surface area contributed by atoms with E-state index in [2.05, 4.69) is 5.32 Å². The molecule has 2 aliphatic rings. The van der Waals surface area contributed by atoms with E-state index in [1.165, 1.54) is 0 Å². The molecule has 2 fully saturated rings. The van der Waals surface area contributed by atoms with E-state index < -0.39 is 5.72 Å². The van der Waals surface area contributed by atoms with Gasteiger partial charge in [0, 0.05) is 12.0 Å². The highest BCUT2D eigenvalue weighted by atomic mass is 32.1. The van der Waals surface area contributed by atoms with Gasteiger partial charge in [-0.1, -0.05) is 0 Å². The zero-order chi connectivity index (χ0) is 10.6. The predicted molar refractivity (Wildman–Crippen MR) is 55.6 cm³/mol. The van der Waals surface area contributed by atoms with Crippen LogP contribution < -0.4 is 5.32 Å². The number of carbonyl (C=O) groups excluding carboxylic acids is 1. The molecule has 0 amide bonds. The Balaban J connectivity index is 2.32. The van der Waals surface area contributed by atoms with Gasteiger partial charge in [0.05, 0.1) is 0 Å². The van der Waals surface area contributed by atoms with Gasteiger partial charge >= 0.3 is 5.97 Å². The van der Waals surface area contributed by atoms with Crippen LogP contribution in [0.2, 0.25) is 0 Å². The number of carbonyl (C=O) groups is 1. The second-order valence-electron chi connectivity index (χ2n) is 4.73. The molecule has 14 heavy (non-hydrogen) atoms. The number of fused-ring (bicyclic) bond motifs is 1. The first-order valence-electron chi connectivity index (χ1n) is 4.64. The lowest BCUT2D eigenvalue weighted by molar-refractivity contribution is -0.152. The Morgan fingerprint density at radius 2 is 2.14 bits per heavy atom. The number of nitrogens with zero attached hydrogens (tertiary/aromatic N) is 1. The SMILES string of the molecule is CC1(C)C[C@@]2(C)OC(=O)CN2C(=S)N1. The summed E-state index contributed by atoms with van der Waals surface area (Å²) in [6.07, 6.45) is 0.742. The lowest BCUT2D eigenvalue weighted by Crippen LogP contribution is -2.64. The van der Waals surface area contributed by atoms with Crippen LogP contribution in [0.25, 0.3) is 0 Å². The summed E-state index contributed by atoms with van der Waals surface area (Å²) in [4.78, 5) is 13.0. The Kier molecular flexibility index (Phi) is 1.80. The summed E-state index contributed by atoms with van der Waals surface area (Å²) in [5.41, 5.74) is -0.671. The molecule has 78 valence electrons. The number of thiocarbonyl (C=S) groups is 1. The molecule has 2 saturated heterocycles. The van der Waals surface area contributed by atoms with Crippen molar-refractivity contribution in [3.05, 3.63) is 0 Å². The molecule has 2 heterocycles. The minimum absolute atomic E-state index is 0.118. The van der Waals surface area contributed by atoms with Crippen LogP contribution in [0, 0.1) is 0 Å². The van der Waals surface area contributed by atoms with Crippen LogP contribution in [0.5, 0.6) is 0 Å². The molecule has 0 aromatic heterocycles. The molecule has 0 radical (unpaired) electrons. The minimum Gasteiger partial charge on any atom is -0.438 e. The topological polar surface area (TPSA) is 41.6 Å². The van der Waals surface area contributed by atoms with E-state index in [-0.39, 0.29) is 18.1 Å². The Morgan fingerprint density at radius 3 is 2.79 bits per heavy atom. The number of nitrogens with one attached hydrogen (secondary N) is 1. The Morgan fingerprint density at radius 1 is 1.50 bits per heavy atom. The fourth-order valence-electron chi connectivity index (χ4n) is 2.27. The third kappa shape index (κ3) is 1.35. The summed E-state index contributed by atoms with van der Waals surface area (Å²) in [5, 5.41) is 3.80. The molecule has 0 saturated carbocycles. The van der Waals surface area contributed by atoms with E-state index in [1.807, 2.05) is 25.7 Å². The Hall–Kier alpha value is -0.840. The van der Waals surface area contributed by atoms with Gasteiger partial charge in [-0.3, -0.25) is 4.79 Å². The highest BCUT2D eigenvalue weighted by molar-refractivity contribution is 7.80. The summed E-state index contributed by atoms with van der Waals surface area (Å²) in [7, 11) is 0. The second-order valence-corrected chi connectivity index (χ2v) is 5.11. The third-order valence-corrected chi connectivity index (χ3v) is 2.97. The highest BCUT2D eigenvalue weighted by Crippen LogP contribution is 2.35. The fraction of sp³-hybridized carbons (Fsp3) is 0.778. The molecule has 4 nitrogen and oxygen atoms in total. The maximum absolute atomic E-state index is 11.2. The molecule has 5 heteroatoms. The highest BCUT2D eigenvalue weighted by Gasteiger charge is 2.51. The Labute approximate surface area is 88.6 Å². The van der Waals surface area contributed by atoms with Gasteiger partial charge in [0.2, 0.25) is 0 Å². The van der Waals surface area contributed by atoms with Gasteiger partial charge in [-0.05, 0) is 33.0 Å². The van der Waals surface area contributed by atoms with Gasteiger partial charge in [0.15, 0.2) is 10.8 Å². The second kappa shape index (κ2) is 2.59. The smallest absolute Gasteiger partial charge is 0.327 e. The van der Waals surface area contributed by atoms with Crippen molar-refractivity contribution < 1.29 is 9.53 Å². The summed E-state index contributed by atoms with van der Waals surface area (Å²) >= 11 is 5.20. The first kappa shape index (κ1) is 9.71. The average molecular weight is 214 g/mol. The van der Waals surface area contributed by atoms with Crippen molar-refractivity contribution in [3.8, 4) is 0 Å². The minimum atomic E-state index is -0.553. The zero-order valence-corrected chi connectivity index (χ0v) is 9.40. The molecule has 0 aromatic rings. The van der Waals surface area contributed by atoms with Crippen molar-refractivity contribution in [2.24, 2.45) is 0 Å². The molecule has 2 rings (SSSR count). The van der Waals surface area contributed by atoms with Gasteiger partial charge in [-0.15, -0.1) is 0 Å². The van der Waals surface area contributed by atoms with E-state index in [1.54, 1.807) is 0 Å². The standard InChI is InChI=1S/C9H14N2O2S/c1-8(2)5-9(3)11(7(14)10-8)4-6(12)13-9/h4-5H2,1-3H3,(H,10,14)/t9-/m1/s1. The average Bonchev–Trinajstić information content (AvgIpc) is 2.21. The van der Waals surface area contributed by atoms with Gasteiger partial charge < -0.3 is 15.0 Å². The normalized spacial score (nSPS) is 34.9. The van der Waals surface area contributed by atoms with Gasteiger partial charge in [-0.25, -0.2) is 0 Å². The maximum Gasteiger partial charge on any atom is 0.327 e. The third-order valence-electron chi connectivity index (χ3n) is 2.65. The zero-order valence-electron chi connectivity index (χ0n) is 8.59. The molecule has 0 unspecified atom stereocenters. The first-order valence-corrected chi connectivity index (χ1v) is 5.05. The molecule has 0 aliphatic carbocycles. The van der Waals surface area contributed by atoms with Crippen LogP contribution in [0.3, 0.4) is 0 Å². The van der Waals surface area contributed by atoms with E-state index in [9.17, 15) is 4.79 Å². The van der Waals surface area contributed by atoms with Crippen molar-refractivity contribution in [3.63, 3.8) is 0 Å². The lowest BCUT2D eigenvalue weighted by atomic mass is 9.91. The molecular weight excluding hydrogens is 200 g/mol. The lowest BCUT2D eigenvalue weighted by Gasteiger charge is -2.46. The van der Waals surface area contributed by atoms with Gasteiger partial charge in [0.1, 0.15) is 6.54 Å². The van der Waals surface area contributed by atoms with Crippen molar-refractivity contribution >= 4 is 23.3 Å². The molecule has 1 atom stereocenters. The van der Waals surface area contributed by atoms with E-state index in [4.69, 9.17) is 17.0 Å². The molecule has 0 bridgehead atoms. The van der Waals surface area contributed by atoms with Crippen molar-refractivity contribution in [1.82, 2.24) is 10.2 Å². The van der Waals surface area contributed by atoms with E-state index in [0.29, 0.717) is 5.11 Å². The largest absolute Gasteiger partial charge is 0.438 e. The first-order chi connectivity index (χ1) is 6.32. The van der Waals surface area contributed by atoms with E-state index in [0.717, 1.165) is 6.42 Å². The number of hydrogen-bond acceptors (Lipinski definition) is 3. The molecule has 0 spiro atoms. The summed E-state index contributed by atoms with van der Waals surface area (Å²) in [6, 6.07) is 0. The monoisotopic (exact) mass is 214 g/mol. The molecule has 2 aliphatic heterocycles. The summed E-state index contributed by atoms with van der Waals surface area (Å²) in [6.45, 7) is 6.27. The van der Waals surface area contributed by atoms with Gasteiger partial charge in [-0.2, -0.15) is 0 Å². The van der Waals surface area contributed by atoms with Gasteiger partial charge in [0.25, 0.3) is 0 Å². The summed E-state index contributed by atoms with van der Waals surface area (Å²) < 4.78 is 5.32. The van der Waals surface area contributed by atoms with Crippen LogP contribution in [-0.4, -0.2) is 33.8 Å². The van der Waals surface area contributed by atoms with Crippen molar-refractivity contribution in [2.75, 3.05) is 6.54 Å². The molecular formula is C9H14N2O2S. The predicted octanol–water partition coefficient (Wildman–Crippen LogP) is 0.618. The number of hydrogen-bond donors (Lipinski definition) is 1. The summed E-state index contributed by atoms with van der Waals surface area (Å²) in [5.74, 6) is -0.200. The quantitative estimate of drug-likeness (QED) is 0.473. The fourth-order valence-corrected chi connectivity index (χ4v) is 2.80. The van der Waals surface area contributed by atoms with Crippen molar-refractivity contribution in [1.29, 1.82) is 0 Å². The van der Waals surface area contributed by atoms with E-state index >= 15 is 0 Å². The number of rotatable bonds is 0. The number of ether oxygens (including phenoxy) is 1. The Bertz CT molecular complexity index is 316. The molecule has 0 aromatic carbocycles.